The largest absolute Gasteiger partial charge is 0.392 e. The third kappa shape index (κ3) is 4.25. The Kier molecular flexibility index (Phi) is 5.31. The molecule has 2 rings (SSSR count). The van der Waals surface area contributed by atoms with Gasteiger partial charge in [0.05, 0.1) is 12.6 Å². The first-order valence-electron chi connectivity index (χ1n) is 7.45. The van der Waals surface area contributed by atoms with Crippen LogP contribution in [0.5, 0.6) is 0 Å². The molecular weight excluding hydrogens is 271 g/mol. The second kappa shape index (κ2) is 7.00. The van der Waals surface area contributed by atoms with Gasteiger partial charge in [0.1, 0.15) is 5.82 Å². The molecular formula is C16H23FN2O2. The lowest BCUT2D eigenvalue weighted by Crippen LogP contribution is -2.48. The summed E-state index contributed by atoms with van der Waals surface area (Å²) in [5.74, 6) is -0.501. The maximum atomic E-state index is 13.5. The van der Waals surface area contributed by atoms with Crippen LogP contribution < -0.4 is 5.32 Å². The van der Waals surface area contributed by atoms with E-state index in [2.05, 4.69) is 5.32 Å². The monoisotopic (exact) mass is 294 g/mol. The van der Waals surface area contributed by atoms with Gasteiger partial charge in [-0.3, -0.25) is 9.69 Å². The van der Waals surface area contributed by atoms with Crippen molar-refractivity contribution in [2.24, 2.45) is 0 Å². The second-order valence-electron chi connectivity index (χ2n) is 5.79. The van der Waals surface area contributed by atoms with Gasteiger partial charge >= 0.3 is 0 Å². The number of hydrogen-bond acceptors (Lipinski definition) is 3. The van der Waals surface area contributed by atoms with E-state index in [0.717, 1.165) is 25.8 Å². The number of anilines is 1. The predicted octanol–water partition coefficient (Wildman–Crippen LogP) is 2.31. The van der Waals surface area contributed by atoms with E-state index < -0.39 is 6.10 Å². The highest BCUT2D eigenvalue weighted by Gasteiger charge is 2.27. The topological polar surface area (TPSA) is 52.6 Å². The SMILES string of the molecule is Cc1ccc(NC(=O)CN2CCCCC2C(C)O)cc1F. The van der Waals surface area contributed by atoms with E-state index in [1.165, 1.54) is 6.07 Å². The first-order chi connectivity index (χ1) is 9.97. The molecule has 1 saturated heterocycles. The van der Waals surface area contributed by atoms with Crippen molar-refractivity contribution in [1.82, 2.24) is 4.90 Å². The maximum Gasteiger partial charge on any atom is 0.238 e. The molecule has 4 nitrogen and oxygen atoms in total. The number of carbonyl (C=O) groups is 1. The number of aryl methyl sites for hydroxylation is 1. The van der Waals surface area contributed by atoms with Gasteiger partial charge in [0, 0.05) is 11.7 Å². The van der Waals surface area contributed by atoms with Crippen LogP contribution in [-0.4, -0.2) is 41.1 Å². The number of nitrogens with one attached hydrogen (secondary N) is 1. The van der Waals surface area contributed by atoms with Gasteiger partial charge in [-0.1, -0.05) is 12.5 Å². The zero-order valence-corrected chi connectivity index (χ0v) is 12.6. The zero-order valence-electron chi connectivity index (χ0n) is 12.6. The average molecular weight is 294 g/mol. The van der Waals surface area contributed by atoms with Crippen molar-refractivity contribution in [2.45, 2.75) is 45.3 Å². The quantitative estimate of drug-likeness (QED) is 0.896. The molecule has 1 fully saturated rings. The molecule has 2 unspecified atom stereocenters. The minimum atomic E-state index is -0.449. The summed E-state index contributed by atoms with van der Waals surface area (Å²) in [6.45, 7) is 4.48. The number of aliphatic hydroxyl groups excluding tert-OH is 1. The lowest BCUT2D eigenvalue weighted by atomic mass is 9.98. The van der Waals surface area contributed by atoms with E-state index in [0.29, 0.717) is 11.3 Å². The van der Waals surface area contributed by atoms with Gasteiger partial charge in [-0.15, -0.1) is 0 Å². The summed E-state index contributed by atoms with van der Waals surface area (Å²) < 4.78 is 13.5. The smallest absolute Gasteiger partial charge is 0.238 e. The first kappa shape index (κ1) is 15.9. The van der Waals surface area contributed by atoms with Gasteiger partial charge in [-0.2, -0.15) is 0 Å². The average Bonchev–Trinajstić information content (AvgIpc) is 2.43. The molecule has 0 bridgehead atoms. The second-order valence-corrected chi connectivity index (χ2v) is 5.79. The summed E-state index contributed by atoms with van der Waals surface area (Å²) >= 11 is 0. The highest BCUT2D eigenvalue weighted by atomic mass is 19.1. The Bertz CT molecular complexity index is 505. The van der Waals surface area contributed by atoms with Crippen LogP contribution in [0.2, 0.25) is 0 Å². The Morgan fingerprint density at radius 1 is 1.52 bits per heavy atom. The van der Waals surface area contributed by atoms with E-state index in [1.807, 2.05) is 4.90 Å². The first-order valence-corrected chi connectivity index (χ1v) is 7.45. The molecule has 0 aromatic heterocycles. The molecule has 1 heterocycles. The van der Waals surface area contributed by atoms with E-state index in [4.69, 9.17) is 0 Å². The van der Waals surface area contributed by atoms with Gasteiger partial charge in [-0.25, -0.2) is 4.39 Å². The van der Waals surface area contributed by atoms with Crippen LogP contribution in [0.1, 0.15) is 31.7 Å². The molecule has 0 aliphatic carbocycles. The number of likely N-dealkylation sites (tertiary alicyclic amines) is 1. The summed E-state index contributed by atoms with van der Waals surface area (Å²) in [6, 6.07) is 4.69. The van der Waals surface area contributed by atoms with Crippen molar-refractivity contribution in [3.63, 3.8) is 0 Å². The van der Waals surface area contributed by atoms with Crippen LogP contribution in [0.3, 0.4) is 0 Å². The number of piperidine rings is 1. The van der Waals surface area contributed by atoms with Crippen LogP contribution >= 0.6 is 0 Å². The summed E-state index contributed by atoms with van der Waals surface area (Å²) in [5, 5.41) is 12.5. The predicted molar refractivity (Wildman–Crippen MR) is 80.7 cm³/mol. The van der Waals surface area contributed by atoms with Crippen molar-refractivity contribution >= 4 is 11.6 Å². The van der Waals surface area contributed by atoms with Gasteiger partial charge < -0.3 is 10.4 Å². The lowest BCUT2D eigenvalue weighted by Gasteiger charge is -2.36. The molecule has 2 atom stereocenters. The van der Waals surface area contributed by atoms with Gasteiger partial charge in [0.2, 0.25) is 5.91 Å². The van der Waals surface area contributed by atoms with Crippen molar-refractivity contribution < 1.29 is 14.3 Å². The number of rotatable bonds is 4. The van der Waals surface area contributed by atoms with Crippen molar-refractivity contribution in [2.75, 3.05) is 18.4 Å². The van der Waals surface area contributed by atoms with Crippen LogP contribution in [-0.2, 0) is 4.79 Å². The van der Waals surface area contributed by atoms with Crippen molar-refractivity contribution in [3.8, 4) is 0 Å². The Balaban J connectivity index is 1.95. The fourth-order valence-corrected chi connectivity index (χ4v) is 2.81. The maximum absolute atomic E-state index is 13.5. The van der Waals surface area contributed by atoms with E-state index in [-0.39, 0.29) is 24.3 Å². The number of aliphatic hydroxyl groups is 1. The fraction of sp³-hybridized carbons (Fsp3) is 0.562. The standard InChI is InChI=1S/C16H23FN2O2/c1-11-6-7-13(9-14(11)17)18-16(21)10-19-8-4-3-5-15(19)12(2)20/h6-7,9,12,15,20H,3-5,8,10H2,1-2H3,(H,18,21). The summed E-state index contributed by atoms with van der Waals surface area (Å²) in [6.07, 6.45) is 2.58. The molecule has 1 amide bonds. The van der Waals surface area contributed by atoms with Crippen LogP contribution in [0.15, 0.2) is 18.2 Å². The lowest BCUT2D eigenvalue weighted by molar-refractivity contribution is -0.118. The highest BCUT2D eigenvalue weighted by Crippen LogP contribution is 2.20. The van der Waals surface area contributed by atoms with Crippen LogP contribution in [0, 0.1) is 12.7 Å². The number of benzene rings is 1. The van der Waals surface area contributed by atoms with Gasteiger partial charge in [0.15, 0.2) is 0 Å². The van der Waals surface area contributed by atoms with Gasteiger partial charge in [-0.05, 0) is 50.9 Å². The molecule has 21 heavy (non-hydrogen) atoms. The number of carbonyl (C=O) groups excluding carboxylic acids is 1. The van der Waals surface area contributed by atoms with E-state index in [1.54, 1.807) is 26.0 Å². The molecule has 1 aromatic carbocycles. The molecule has 0 saturated carbocycles. The fourth-order valence-electron chi connectivity index (χ4n) is 2.81. The number of halogens is 1. The van der Waals surface area contributed by atoms with Crippen LogP contribution in [0.25, 0.3) is 0 Å². The summed E-state index contributed by atoms with van der Waals surface area (Å²) in [7, 11) is 0. The van der Waals surface area contributed by atoms with Gasteiger partial charge in [0.25, 0.3) is 0 Å². The summed E-state index contributed by atoms with van der Waals surface area (Å²) in [5.41, 5.74) is 1.02. The Labute approximate surface area is 125 Å². The van der Waals surface area contributed by atoms with Crippen molar-refractivity contribution in [3.05, 3.63) is 29.6 Å². The molecule has 5 heteroatoms. The molecule has 1 aliphatic heterocycles. The third-order valence-electron chi connectivity index (χ3n) is 4.02. The number of hydrogen-bond donors (Lipinski definition) is 2. The third-order valence-corrected chi connectivity index (χ3v) is 4.02. The highest BCUT2D eigenvalue weighted by molar-refractivity contribution is 5.92. The minimum Gasteiger partial charge on any atom is -0.392 e. The molecule has 1 aromatic rings. The Hall–Kier alpha value is -1.46. The van der Waals surface area contributed by atoms with E-state index >= 15 is 0 Å². The van der Waals surface area contributed by atoms with Crippen molar-refractivity contribution in [1.29, 1.82) is 0 Å². The molecule has 2 N–H and O–H groups in total. The molecule has 0 radical (unpaired) electrons. The normalized spacial score (nSPS) is 21.0. The summed E-state index contributed by atoms with van der Waals surface area (Å²) in [4.78, 5) is 14.1. The Morgan fingerprint density at radius 2 is 2.29 bits per heavy atom. The number of nitrogens with zero attached hydrogens (tertiary/aromatic N) is 1. The minimum absolute atomic E-state index is 0.0271. The van der Waals surface area contributed by atoms with Crippen LogP contribution in [0.4, 0.5) is 10.1 Å². The molecule has 1 aliphatic rings. The molecule has 116 valence electrons. The Morgan fingerprint density at radius 3 is 2.95 bits per heavy atom. The molecule has 0 spiro atoms. The van der Waals surface area contributed by atoms with E-state index in [9.17, 15) is 14.3 Å². The number of amides is 1. The zero-order chi connectivity index (χ0) is 15.4.